The molecule has 0 spiro atoms. The van der Waals surface area contributed by atoms with Gasteiger partial charge in [0, 0.05) is 11.8 Å². The van der Waals surface area contributed by atoms with Crippen molar-refractivity contribution in [2.45, 2.75) is 119 Å². The van der Waals surface area contributed by atoms with Crippen molar-refractivity contribution in [2.24, 2.45) is 44.3 Å². The fourth-order valence-corrected chi connectivity index (χ4v) is 10.4. The van der Waals surface area contributed by atoms with Gasteiger partial charge in [0.15, 0.2) is 0 Å². The van der Waals surface area contributed by atoms with E-state index in [2.05, 4.69) is 48.5 Å². The molecule has 184 valence electrons. The van der Waals surface area contributed by atoms with Crippen LogP contribution in [0, 0.1) is 44.3 Å². The molecular weight excluding hydrogens is 408 g/mol. The Hall–Kier alpha value is -1.12. The number of aliphatic carboxylic acids is 1. The van der Waals surface area contributed by atoms with Crippen LogP contribution >= 0.6 is 0 Å². The normalized spacial score (nSPS) is 48.3. The Labute approximate surface area is 201 Å². The molecule has 1 N–H and O–H groups in total. The van der Waals surface area contributed by atoms with Crippen molar-refractivity contribution < 1.29 is 14.7 Å². The van der Waals surface area contributed by atoms with Crippen molar-refractivity contribution >= 4 is 11.8 Å². The molecule has 5 aliphatic rings. The number of allylic oxidation sites excluding steroid dienone is 1. The molecule has 5 aliphatic carbocycles. The van der Waals surface area contributed by atoms with Gasteiger partial charge in [0.25, 0.3) is 0 Å². The summed E-state index contributed by atoms with van der Waals surface area (Å²) >= 11 is 0. The number of carbonyl (C=O) groups excluding carboxylic acids is 1. The molecule has 4 fully saturated rings. The summed E-state index contributed by atoms with van der Waals surface area (Å²) in [5.74, 6) is 0.974. The fourth-order valence-electron chi connectivity index (χ4n) is 10.4. The fraction of sp³-hybridized carbons (Fsp3) is 0.867. The standard InChI is InChI=1S/C30H46O3/c1-25(2)14-16-30(24(32)33)17-15-28(6)19(20(30)18-25)8-9-22-27(5)12-11-23(31)26(3,4)21(27)10-13-29(22,28)7/h21-22H,8-18H2,1-7H3,(H,32,33)/t21?,22?,27-,28+,29+,30-/m0/s1. The smallest absolute Gasteiger partial charge is 0.313 e. The van der Waals surface area contributed by atoms with Crippen LogP contribution in [0.3, 0.4) is 0 Å². The van der Waals surface area contributed by atoms with Crippen LogP contribution < -0.4 is 0 Å². The van der Waals surface area contributed by atoms with E-state index in [9.17, 15) is 14.7 Å². The average molecular weight is 455 g/mol. The van der Waals surface area contributed by atoms with Crippen LogP contribution in [-0.2, 0) is 9.59 Å². The van der Waals surface area contributed by atoms with Gasteiger partial charge in [0.2, 0.25) is 0 Å². The van der Waals surface area contributed by atoms with Crippen LogP contribution in [0.1, 0.15) is 119 Å². The summed E-state index contributed by atoms with van der Waals surface area (Å²) in [7, 11) is 0. The quantitative estimate of drug-likeness (QED) is 0.415. The van der Waals surface area contributed by atoms with Crippen molar-refractivity contribution in [1.82, 2.24) is 0 Å². The van der Waals surface area contributed by atoms with Crippen LogP contribution in [-0.4, -0.2) is 16.9 Å². The Balaban J connectivity index is 1.63. The third kappa shape index (κ3) is 2.80. The molecule has 3 heteroatoms. The van der Waals surface area contributed by atoms with Crippen LogP contribution in [0.5, 0.6) is 0 Å². The molecule has 0 aliphatic heterocycles. The lowest BCUT2D eigenvalue weighted by Crippen LogP contribution is -2.63. The SMILES string of the molecule is CC1(C)CC[C@]2(C(=O)O)CC[C@]3(C)C(=C2C1)CCC1[C@@]2(C)CCC(=O)C(C)(C)C2CC[C@]13C. The number of hydrogen-bond acceptors (Lipinski definition) is 2. The molecule has 0 aromatic heterocycles. The monoisotopic (exact) mass is 454 g/mol. The van der Waals surface area contributed by atoms with Crippen LogP contribution in [0.25, 0.3) is 0 Å². The molecule has 0 radical (unpaired) electrons. The number of carbonyl (C=O) groups is 2. The second-order valence-electron chi connectivity index (χ2n) is 14.8. The number of carboxylic acids is 1. The first-order valence-electron chi connectivity index (χ1n) is 13.6. The highest BCUT2D eigenvalue weighted by Crippen LogP contribution is 2.75. The maximum absolute atomic E-state index is 12.9. The Bertz CT molecular complexity index is 940. The minimum Gasteiger partial charge on any atom is -0.481 e. The van der Waals surface area contributed by atoms with E-state index in [1.807, 2.05) is 0 Å². The predicted molar refractivity (Wildman–Crippen MR) is 132 cm³/mol. The van der Waals surface area contributed by atoms with Crippen LogP contribution in [0.2, 0.25) is 0 Å². The summed E-state index contributed by atoms with van der Waals surface area (Å²) in [4.78, 5) is 25.6. The van der Waals surface area contributed by atoms with E-state index in [1.165, 1.54) is 24.0 Å². The lowest BCUT2D eigenvalue weighted by Gasteiger charge is -2.70. The first-order chi connectivity index (χ1) is 15.1. The van der Waals surface area contributed by atoms with Gasteiger partial charge in [-0.05, 0) is 97.7 Å². The van der Waals surface area contributed by atoms with Gasteiger partial charge < -0.3 is 5.11 Å². The van der Waals surface area contributed by atoms with Crippen molar-refractivity contribution in [2.75, 3.05) is 0 Å². The van der Waals surface area contributed by atoms with E-state index in [0.29, 0.717) is 17.6 Å². The third-order valence-electron chi connectivity index (χ3n) is 12.7. The number of rotatable bonds is 1. The number of carboxylic acid groups (broad SMARTS) is 1. The minimum atomic E-state index is -0.617. The van der Waals surface area contributed by atoms with Crippen molar-refractivity contribution in [3.63, 3.8) is 0 Å². The maximum atomic E-state index is 12.9. The summed E-state index contributed by atoms with van der Waals surface area (Å²) in [6.45, 7) is 16.7. The number of fused-ring (bicyclic) bond motifs is 6. The molecule has 2 unspecified atom stereocenters. The Morgan fingerprint density at radius 3 is 2.12 bits per heavy atom. The highest BCUT2D eigenvalue weighted by molar-refractivity contribution is 5.85. The largest absolute Gasteiger partial charge is 0.481 e. The van der Waals surface area contributed by atoms with Gasteiger partial charge in [-0.25, -0.2) is 0 Å². The molecule has 3 nitrogen and oxygen atoms in total. The Morgan fingerprint density at radius 1 is 0.788 bits per heavy atom. The Kier molecular flexibility index (Phi) is 4.83. The van der Waals surface area contributed by atoms with Gasteiger partial charge >= 0.3 is 5.97 Å². The molecule has 0 saturated heterocycles. The lowest BCUT2D eigenvalue weighted by molar-refractivity contribution is -0.186. The molecular formula is C30H46O3. The van der Waals surface area contributed by atoms with Gasteiger partial charge in [-0.1, -0.05) is 59.6 Å². The molecule has 6 atom stereocenters. The number of hydrogen-bond donors (Lipinski definition) is 1. The molecule has 0 bridgehead atoms. The second kappa shape index (κ2) is 6.76. The first kappa shape index (κ1) is 23.6. The summed E-state index contributed by atoms with van der Waals surface area (Å²) in [6, 6.07) is 0. The molecule has 5 rings (SSSR count). The summed E-state index contributed by atoms with van der Waals surface area (Å²) in [6.07, 6.45) is 10.9. The molecule has 4 saturated carbocycles. The first-order valence-corrected chi connectivity index (χ1v) is 13.6. The van der Waals surface area contributed by atoms with Crippen molar-refractivity contribution in [3.8, 4) is 0 Å². The third-order valence-corrected chi connectivity index (χ3v) is 12.7. The van der Waals surface area contributed by atoms with E-state index in [4.69, 9.17) is 0 Å². The second-order valence-corrected chi connectivity index (χ2v) is 14.8. The van der Waals surface area contributed by atoms with E-state index in [1.54, 1.807) is 0 Å². The van der Waals surface area contributed by atoms with Gasteiger partial charge in [-0.15, -0.1) is 0 Å². The Morgan fingerprint density at radius 2 is 1.45 bits per heavy atom. The highest BCUT2D eigenvalue weighted by atomic mass is 16.4. The zero-order chi connectivity index (χ0) is 24.2. The zero-order valence-corrected chi connectivity index (χ0v) is 22.2. The van der Waals surface area contributed by atoms with Gasteiger partial charge in [-0.2, -0.15) is 0 Å². The van der Waals surface area contributed by atoms with Gasteiger partial charge in [-0.3, -0.25) is 9.59 Å². The van der Waals surface area contributed by atoms with Crippen molar-refractivity contribution in [1.29, 1.82) is 0 Å². The molecule has 33 heavy (non-hydrogen) atoms. The average Bonchev–Trinajstić information content (AvgIpc) is 2.71. The van der Waals surface area contributed by atoms with E-state index >= 15 is 0 Å². The topological polar surface area (TPSA) is 54.4 Å². The maximum Gasteiger partial charge on any atom is 0.313 e. The van der Waals surface area contributed by atoms with Crippen LogP contribution in [0.4, 0.5) is 0 Å². The number of ketones is 1. The van der Waals surface area contributed by atoms with Crippen molar-refractivity contribution in [3.05, 3.63) is 11.1 Å². The van der Waals surface area contributed by atoms with E-state index < -0.39 is 11.4 Å². The minimum absolute atomic E-state index is 0.0806. The molecule has 0 heterocycles. The number of Topliss-reactive ketones (excluding diaryl/α,β-unsaturated/α-hetero) is 1. The lowest BCUT2D eigenvalue weighted by atomic mass is 9.34. The highest BCUT2D eigenvalue weighted by Gasteiger charge is 2.68. The zero-order valence-electron chi connectivity index (χ0n) is 22.2. The van der Waals surface area contributed by atoms with Gasteiger partial charge in [0.1, 0.15) is 5.78 Å². The predicted octanol–water partition coefficient (Wildman–Crippen LogP) is 7.59. The van der Waals surface area contributed by atoms with Crippen LogP contribution in [0.15, 0.2) is 11.1 Å². The summed E-state index contributed by atoms with van der Waals surface area (Å²) < 4.78 is 0. The summed E-state index contributed by atoms with van der Waals surface area (Å²) in [5, 5.41) is 10.5. The molecule has 0 aromatic carbocycles. The molecule has 0 amide bonds. The van der Waals surface area contributed by atoms with E-state index in [-0.39, 0.29) is 27.1 Å². The molecule has 0 aromatic rings. The van der Waals surface area contributed by atoms with E-state index in [0.717, 1.165) is 57.8 Å². The van der Waals surface area contributed by atoms with Gasteiger partial charge in [0.05, 0.1) is 5.41 Å². The summed E-state index contributed by atoms with van der Waals surface area (Å²) in [5.41, 5.74) is 2.69.